The Kier molecular flexibility index (Phi) is 3.57. The smallest absolute Gasteiger partial charge is 0.339 e. The highest BCUT2D eigenvalue weighted by Crippen LogP contribution is 2.35. The first-order valence-corrected chi connectivity index (χ1v) is 5.61. The zero-order chi connectivity index (χ0) is 14.0. The van der Waals surface area contributed by atoms with E-state index in [-0.39, 0.29) is 27.8 Å². The molecule has 0 fully saturated rings. The summed E-state index contributed by atoms with van der Waals surface area (Å²) in [4.78, 5) is 11.1. The summed E-state index contributed by atoms with van der Waals surface area (Å²) >= 11 is 5.89. The number of para-hydroxylation sites is 1. The number of nitrogens with two attached hydrogens (primary N) is 1. The molecule has 0 amide bonds. The van der Waals surface area contributed by atoms with Crippen molar-refractivity contribution in [1.82, 2.24) is 0 Å². The van der Waals surface area contributed by atoms with Gasteiger partial charge in [-0.1, -0.05) is 23.7 Å². The fraction of sp³-hybridized carbons (Fsp3) is 0. The zero-order valence-corrected chi connectivity index (χ0v) is 10.3. The number of nitrogen functional groups attached to an aromatic ring is 1. The normalized spacial score (nSPS) is 10.2. The van der Waals surface area contributed by atoms with Crippen LogP contribution >= 0.6 is 11.6 Å². The molecule has 0 unspecified atom stereocenters. The molecule has 3 N–H and O–H groups in total. The first-order chi connectivity index (χ1) is 8.99. The Morgan fingerprint density at radius 3 is 2.63 bits per heavy atom. The molecule has 0 aliphatic heterocycles. The largest absolute Gasteiger partial charge is 0.478 e. The molecule has 19 heavy (non-hydrogen) atoms. The third-order valence-electron chi connectivity index (χ3n) is 2.35. The Labute approximate surface area is 113 Å². The molecule has 0 aliphatic rings. The molecule has 4 nitrogen and oxygen atoms in total. The van der Waals surface area contributed by atoms with Crippen molar-refractivity contribution in [3.63, 3.8) is 0 Å². The quantitative estimate of drug-likeness (QED) is 0.844. The summed E-state index contributed by atoms with van der Waals surface area (Å²) in [5, 5.41) is 9.07. The van der Waals surface area contributed by atoms with Crippen molar-refractivity contribution in [1.29, 1.82) is 0 Å². The maximum absolute atomic E-state index is 13.5. The third kappa shape index (κ3) is 2.77. The van der Waals surface area contributed by atoms with Gasteiger partial charge in [0, 0.05) is 5.69 Å². The predicted molar refractivity (Wildman–Crippen MR) is 69.3 cm³/mol. The molecule has 0 spiro atoms. The fourth-order valence-corrected chi connectivity index (χ4v) is 1.78. The minimum absolute atomic E-state index is 0.000605. The van der Waals surface area contributed by atoms with E-state index in [0.717, 1.165) is 0 Å². The minimum Gasteiger partial charge on any atom is -0.478 e. The highest BCUT2D eigenvalue weighted by molar-refractivity contribution is 6.33. The summed E-state index contributed by atoms with van der Waals surface area (Å²) in [5.41, 5.74) is 5.47. The van der Waals surface area contributed by atoms with Crippen molar-refractivity contribution in [3.05, 3.63) is 52.8 Å². The van der Waals surface area contributed by atoms with E-state index >= 15 is 0 Å². The molecule has 0 bridgehead atoms. The monoisotopic (exact) mass is 281 g/mol. The van der Waals surface area contributed by atoms with Gasteiger partial charge < -0.3 is 15.6 Å². The second-order valence-corrected chi connectivity index (χ2v) is 4.12. The Hall–Kier alpha value is -2.27. The SMILES string of the molecule is Nc1cc(Cl)c(Oc2ccccc2F)c(C(=O)O)c1. The average molecular weight is 282 g/mol. The number of hydrogen-bond donors (Lipinski definition) is 2. The van der Waals surface area contributed by atoms with E-state index in [1.165, 1.54) is 30.3 Å². The van der Waals surface area contributed by atoms with Crippen LogP contribution in [0.2, 0.25) is 5.02 Å². The number of benzene rings is 2. The van der Waals surface area contributed by atoms with Gasteiger partial charge in [-0.2, -0.15) is 0 Å². The molecular weight excluding hydrogens is 273 g/mol. The second kappa shape index (κ2) is 5.16. The van der Waals surface area contributed by atoms with Crippen molar-refractivity contribution in [2.24, 2.45) is 0 Å². The van der Waals surface area contributed by atoms with E-state index < -0.39 is 11.8 Å². The van der Waals surface area contributed by atoms with Crippen LogP contribution in [0, 0.1) is 5.82 Å². The summed E-state index contributed by atoms with van der Waals surface area (Å²) < 4.78 is 18.7. The Morgan fingerprint density at radius 2 is 2.00 bits per heavy atom. The topological polar surface area (TPSA) is 72.5 Å². The highest BCUT2D eigenvalue weighted by Gasteiger charge is 2.18. The number of carboxylic acid groups (broad SMARTS) is 1. The Bertz CT molecular complexity index is 646. The number of ether oxygens (including phenoxy) is 1. The van der Waals surface area contributed by atoms with E-state index in [4.69, 9.17) is 27.2 Å². The van der Waals surface area contributed by atoms with Crippen molar-refractivity contribution in [3.8, 4) is 11.5 Å². The van der Waals surface area contributed by atoms with E-state index in [0.29, 0.717) is 0 Å². The number of anilines is 1. The molecule has 0 aliphatic carbocycles. The van der Waals surface area contributed by atoms with Crippen LogP contribution in [0.15, 0.2) is 36.4 Å². The molecule has 2 aromatic carbocycles. The number of hydrogen-bond acceptors (Lipinski definition) is 3. The lowest BCUT2D eigenvalue weighted by Crippen LogP contribution is -2.03. The van der Waals surface area contributed by atoms with Gasteiger partial charge in [0.25, 0.3) is 0 Å². The maximum atomic E-state index is 13.5. The molecule has 98 valence electrons. The molecule has 2 rings (SSSR count). The van der Waals surface area contributed by atoms with Gasteiger partial charge in [0.05, 0.1) is 5.02 Å². The molecule has 6 heteroatoms. The van der Waals surface area contributed by atoms with E-state index in [9.17, 15) is 9.18 Å². The molecule has 2 aromatic rings. The molecular formula is C13H9ClFNO3. The van der Waals surface area contributed by atoms with Crippen LogP contribution in [0.5, 0.6) is 11.5 Å². The number of carbonyl (C=O) groups is 1. The van der Waals surface area contributed by atoms with Crippen molar-refractivity contribution in [2.45, 2.75) is 0 Å². The van der Waals surface area contributed by atoms with Crippen molar-refractivity contribution >= 4 is 23.3 Å². The van der Waals surface area contributed by atoms with Crippen LogP contribution in [-0.4, -0.2) is 11.1 Å². The average Bonchev–Trinajstić information content (AvgIpc) is 2.34. The summed E-state index contributed by atoms with van der Waals surface area (Å²) in [6, 6.07) is 8.15. The molecule has 0 saturated heterocycles. The van der Waals surface area contributed by atoms with Gasteiger partial charge >= 0.3 is 5.97 Å². The van der Waals surface area contributed by atoms with Crippen LogP contribution < -0.4 is 10.5 Å². The maximum Gasteiger partial charge on any atom is 0.339 e. The van der Waals surface area contributed by atoms with Crippen LogP contribution in [0.3, 0.4) is 0 Å². The van der Waals surface area contributed by atoms with Crippen LogP contribution in [0.4, 0.5) is 10.1 Å². The fourth-order valence-electron chi connectivity index (χ4n) is 1.51. The molecule has 0 aromatic heterocycles. The zero-order valence-electron chi connectivity index (χ0n) is 9.56. The van der Waals surface area contributed by atoms with Crippen LogP contribution in [0.25, 0.3) is 0 Å². The molecule has 0 heterocycles. The van der Waals surface area contributed by atoms with Gasteiger partial charge in [0.1, 0.15) is 5.56 Å². The number of rotatable bonds is 3. The highest BCUT2D eigenvalue weighted by atomic mass is 35.5. The lowest BCUT2D eigenvalue weighted by atomic mass is 10.2. The van der Waals surface area contributed by atoms with E-state index in [1.807, 2.05) is 0 Å². The van der Waals surface area contributed by atoms with Crippen molar-refractivity contribution < 1.29 is 19.0 Å². The van der Waals surface area contributed by atoms with Gasteiger partial charge in [-0.25, -0.2) is 9.18 Å². The lowest BCUT2D eigenvalue weighted by molar-refractivity contribution is 0.0694. The first kappa shape index (κ1) is 13.2. The number of carboxylic acids is 1. The van der Waals surface area contributed by atoms with Crippen LogP contribution in [0.1, 0.15) is 10.4 Å². The van der Waals surface area contributed by atoms with Gasteiger partial charge in [-0.05, 0) is 24.3 Å². The summed E-state index contributed by atoms with van der Waals surface area (Å²) in [5.74, 6) is -2.14. The van der Waals surface area contributed by atoms with Crippen molar-refractivity contribution in [2.75, 3.05) is 5.73 Å². The van der Waals surface area contributed by atoms with Gasteiger partial charge in [-0.3, -0.25) is 0 Å². The predicted octanol–water partition coefficient (Wildman–Crippen LogP) is 3.55. The number of halogens is 2. The standard InChI is InChI=1S/C13H9ClFNO3/c14-9-6-7(16)5-8(13(17)18)12(9)19-11-4-2-1-3-10(11)15/h1-6H,16H2,(H,17,18). The molecule has 0 atom stereocenters. The Morgan fingerprint density at radius 1 is 1.32 bits per heavy atom. The number of aromatic carboxylic acids is 1. The summed E-state index contributed by atoms with van der Waals surface area (Å²) in [6.45, 7) is 0. The second-order valence-electron chi connectivity index (χ2n) is 3.72. The summed E-state index contributed by atoms with van der Waals surface area (Å²) in [6.07, 6.45) is 0. The van der Waals surface area contributed by atoms with Gasteiger partial charge in [0.2, 0.25) is 0 Å². The minimum atomic E-state index is -1.26. The molecule has 0 radical (unpaired) electrons. The third-order valence-corrected chi connectivity index (χ3v) is 2.63. The van der Waals surface area contributed by atoms with Gasteiger partial charge in [0.15, 0.2) is 17.3 Å². The van der Waals surface area contributed by atoms with E-state index in [2.05, 4.69) is 0 Å². The summed E-state index contributed by atoms with van der Waals surface area (Å²) in [7, 11) is 0. The van der Waals surface area contributed by atoms with E-state index in [1.54, 1.807) is 6.07 Å². The Balaban J connectivity index is 2.51. The lowest BCUT2D eigenvalue weighted by Gasteiger charge is -2.12. The first-order valence-electron chi connectivity index (χ1n) is 5.23. The van der Waals surface area contributed by atoms with Gasteiger partial charge in [-0.15, -0.1) is 0 Å². The van der Waals surface area contributed by atoms with Crippen LogP contribution in [-0.2, 0) is 0 Å². The molecule has 0 saturated carbocycles.